The molecule has 1 aliphatic rings. The number of fused-ring (bicyclic) bond motifs is 2. The van der Waals surface area contributed by atoms with Crippen molar-refractivity contribution in [1.29, 1.82) is 5.26 Å². The van der Waals surface area contributed by atoms with Gasteiger partial charge in [-0.05, 0) is 43.7 Å². The predicted octanol–water partition coefficient (Wildman–Crippen LogP) is 6.89. The second-order valence-electron chi connectivity index (χ2n) is 9.30. The number of benzene rings is 3. The molecule has 0 fully saturated rings. The third-order valence-corrected chi connectivity index (χ3v) is 6.72. The molecule has 0 radical (unpaired) electrons. The van der Waals surface area contributed by atoms with Crippen LogP contribution in [0.2, 0.25) is 0 Å². The van der Waals surface area contributed by atoms with Crippen molar-refractivity contribution in [3.63, 3.8) is 0 Å². The Kier molecular flexibility index (Phi) is 7.24. The summed E-state index contributed by atoms with van der Waals surface area (Å²) >= 11 is 0. The molecule has 8 heteroatoms. The fourth-order valence-corrected chi connectivity index (χ4v) is 4.74. The number of unbranched alkanes of at least 4 members (excludes halogenated alkanes) is 2. The van der Waals surface area contributed by atoms with E-state index in [0.717, 1.165) is 24.8 Å². The molecular weight excluding hydrogens is 499 g/mol. The van der Waals surface area contributed by atoms with Crippen LogP contribution in [-0.2, 0) is 0 Å². The number of para-hydroxylation sites is 1. The highest BCUT2D eigenvalue weighted by atomic mass is 19.1. The summed E-state index contributed by atoms with van der Waals surface area (Å²) in [6.45, 7) is 4.36. The largest absolute Gasteiger partial charge is 0.493 e. The standard InChI is InChI=1S/C31H27FN2O5/c1-3-4-7-14-36-25-9-6-5-8-21(25)28-22-12-11-20(16-27(22)39-30(34)24(28)17-33)37-31(35)29-18(2)23-15-19(32)10-13-26(23)38-29/h5-6,8-13,15-16,28H,3-4,7,14,34H2,1-2H3. The van der Waals surface area contributed by atoms with Crippen molar-refractivity contribution in [1.82, 2.24) is 0 Å². The minimum absolute atomic E-state index is 0.0209. The number of carbonyl (C=O) groups is 1. The van der Waals surface area contributed by atoms with Crippen LogP contribution in [0.3, 0.4) is 0 Å². The summed E-state index contributed by atoms with van der Waals surface area (Å²) in [5, 5.41) is 10.4. The lowest BCUT2D eigenvalue weighted by atomic mass is 9.83. The number of aryl methyl sites for hydroxylation is 1. The Morgan fingerprint density at radius 2 is 1.92 bits per heavy atom. The maximum Gasteiger partial charge on any atom is 0.379 e. The van der Waals surface area contributed by atoms with Crippen molar-refractivity contribution < 1.29 is 27.8 Å². The van der Waals surface area contributed by atoms with Gasteiger partial charge >= 0.3 is 5.97 Å². The van der Waals surface area contributed by atoms with Crippen LogP contribution >= 0.6 is 0 Å². The maximum atomic E-state index is 13.7. The normalized spacial score (nSPS) is 14.5. The molecule has 2 heterocycles. The molecule has 3 aromatic carbocycles. The second kappa shape index (κ2) is 10.9. The number of nitriles is 1. The lowest BCUT2D eigenvalue weighted by Crippen LogP contribution is -2.21. The molecule has 0 aliphatic carbocycles. The van der Waals surface area contributed by atoms with Crippen molar-refractivity contribution in [2.45, 2.75) is 39.0 Å². The molecule has 198 valence electrons. The van der Waals surface area contributed by atoms with Gasteiger partial charge in [-0.2, -0.15) is 5.26 Å². The molecule has 0 bridgehead atoms. The number of halogens is 1. The second-order valence-corrected chi connectivity index (χ2v) is 9.30. The van der Waals surface area contributed by atoms with Gasteiger partial charge < -0.3 is 24.4 Å². The zero-order chi connectivity index (χ0) is 27.5. The zero-order valence-corrected chi connectivity index (χ0v) is 21.6. The predicted molar refractivity (Wildman–Crippen MR) is 143 cm³/mol. The summed E-state index contributed by atoms with van der Waals surface area (Å²) in [6, 6.07) is 18.7. The van der Waals surface area contributed by atoms with Crippen molar-refractivity contribution >= 4 is 16.9 Å². The van der Waals surface area contributed by atoms with E-state index in [1.54, 1.807) is 25.1 Å². The minimum Gasteiger partial charge on any atom is -0.493 e. The van der Waals surface area contributed by atoms with E-state index in [2.05, 4.69) is 13.0 Å². The van der Waals surface area contributed by atoms with E-state index >= 15 is 0 Å². The first-order valence-electron chi connectivity index (χ1n) is 12.7. The molecule has 0 spiro atoms. The molecule has 4 aromatic rings. The van der Waals surface area contributed by atoms with Gasteiger partial charge in [-0.3, -0.25) is 0 Å². The topological polar surface area (TPSA) is 108 Å². The van der Waals surface area contributed by atoms with Crippen LogP contribution in [0.1, 0.15) is 59.3 Å². The lowest BCUT2D eigenvalue weighted by Gasteiger charge is -2.28. The smallest absolute Gasteiger partial charge is 0.379 e. The molecule has 0 amide bonds. The average Bonchev–Trinajstić information content (AvgIpc) is 3.26. The highest BCUT2D eigenvalue weighted by Gasteiger charge is 2.33. The summed E-state index contributed by atoms with van der Waals surface area (Å²) < 4.78 is 36.8. The number of furan rings is 1. The number of nitrogens with two attached hydrogens (primary N) is 1. The summed E-state index contributed by atoms with van der Waals surface area (Å²) in [5.74, 6) is -0.530. The van der Waals surface area contributed by atoms with E-state index in [9.17, 15) is 14.4 Å². The molecule has 0 saturated heterocycles. The van der Waals surface area contributed by atoms with Gasteiger partial charge in [-0.1, -0.05) is 44.0 Å². The fourth-order valence-electron chi connectivity index (χ4n) is 4.74. The van der Waals surface area contributed by atoms with E-state index in [0.29, 0.717) is 40.2 Å². The monoisotopic (exact) mass is 526 g/mol. The first kappa shape index (κ1) is 25.9. The van der Waals surface area contributed by atoms with E-state index < -0.39 is 17.7 Å². The van der Waals surface area contributed by atoms with Crippen LogP contribution in [0.25, 0.3) is 11.0 Å². The first-order valence-corrected chi connectivity index (χ1v) is 12.7. The molecule has 0 saturated carbocycles. The van der Waals surface area contributed by atoms with Crippen LogP contribution in [0, 0.1) is 24.1 Å². The third-order valence-electron chi connectivity index (χ3n) is 6.72. The van der Waals surface area contributed by atoms with Crippen LogP contribution in [-0.4, -0.2) is 12.6 Å². The van der Waals surface area contributed by atoms with Crippen LogP contribution in [0.15, 0.2) is 76.5 Å². The molecule has 7 nitrogen and oxygen atoms in total. The summed E-state index contributed by atoms with van der Waals surface area (Å²) in [4.78, 5) is 13.0. The van der Waals surface area contributed by atoms with E-state index in [-0.39, 0.29) is 23.0 Å². The van der Waals surface area contributed by atoms with Crippen LogP contribution in [0.4, 0.5) is 4.39 Å². The first-order chi connectivity index (χ1) is 18.9. The third kappa shape index (κ3) is 5.04. The quantitative estimate of drug-likeness (QED) is 0.151. The van der Waals surface area contributed by atoms with Gasteiger partial charge in [0.2, 0.25) is 11.6 Å². The summed E-state index contributed by atoms with van der Waals surface area (Å²) in [6.07, 6.45) is 3.06. The zero-order valence-electron chi connectivity index (χ0n) is 21.6. The molecule has 1 aromatic heterocycles. The van der Waals surface area contributed by atoms with Crippen molar-refractivity contribution in [2.75, 3.05) is 6.61 Å². The van der Waals surface area contributed by atoms with Gasteiger partial charge in [0.15, 0.2) is 0 Å². The van der Waals surface area contributed by atoms with Crippen LogP contribution < -0.4 is 19.9 Å². The Labute approximate surface area is 225 Å². The number of allylic oxidation sites excluding steroid dienone is 1. The van der Waals surface area contributed by atoms with Gasteiger partial charge in [-0.15, -0.1) is 0 Å². The fraction of sp³-hybridized carbons (Fsp3) is 0.226. The Balaban J connectivity index is 1.46. The van der Waals surface area contributed by atoms with Crippen molar-refractivity contribution in [3.8, 4) is 23.3 Å². The van der Waals surface area contributed by atoms with E-state index in [4.69, 9.17) is 24.4 Å². The molecule has 1 aliphatic heterocycles. The van der Waals surface area contributed by atoms with Crippen molar-refractivity contribution in [2.24, 2.45) is 5.73 Å². The summed E-state index contributed by atoms with van der Waals surface area (Å²) in [7, 11) is 0. The molecule has 39 heavy (non-hydrogen) atoms. The molecule has 5 rings (SSSR count). The SMILES string of the molecule is CCCCCOc1ccccc1C1C(C#N)=C(N)Oc2cc(OC(=O)c3oc4ccc(F)cc4c3C)ccc21. The Hall–Kier alpha value is -4.77. The maximum absolute atomic E-state index is 13.7. The molecular formula is C31H27FN2O5. The molecule has 1 unspecified atom stereocenters. The number of ether oxygens (including phenoxy) is 3. The highest BCUT2D eigenvalue weighted by molar-refractivity contribution is 5.96. The Morgan fingerprint density at radius 3 is 2.72 bits per heavy atom. The van der Waals surface area contributed by atoms with Gasteiger partial charge in [0, 0.05) is 28.1 Å². The van der Waals surface area contributed by atoms with Crippen molar-refractivity contribution in [3.05, 3.63) is 100 Å². The minimum atomic E-state index is -0.733. The number of carbonyl (C=O) groups excluding carboxylic acids is 1. The number of hydrogen-bond donors (Lipinski definition) is 1. The Morgan fingerprint density at radius 1 is 1.10 bits per heavy atom. The van der Waals surface area contributed by atoms with Gasteiger partial charge in [0.05, 0.1) is 12.5 Å². The highest BCUT2D eigenvalue weighted by Crippen LogP contribution is 2.46. The van der Waals surface area contributed by atoms with Gasteiger partial charge in [0.25, 0.3) is 0 Å². The molecule has 1 atom stereocenters. The number of nitrogens with zero attached hydrogens (tertiary/aromatic N) is 1. The summed E-state index contributed by atoms with van der Waals surface area (Å²) in [5.41, 5.74) is 8.77. The van der Waals surface area contributed by atoms with E-state index in [1.807, 2.05) is 24.3 Å². The van der Waals surface area contributed by atoms with Crippen LogP contribution in [0.5, 0.6) is 17.2 Å². The Bertz CT molecular complexity index is 1630. The van der Waals surface area contributed by atoms with Gasteiger partial charge in [0.1, 0.15) is 40.3 Å². The lowest BCUT2D eigenvalue weighted by molar-refractivity contribution is 0.0702. The number of esters is 1. The van der Waals surface area contributed by atoms with E-state index in [1.165, 1.54) is 18.2 Å². The molecule has 2 N–H and O–H groups in total. The number of hydrogen-bond acceptors (Lipinski definition) is 7. The number of rotatable bonds is 8. The van der Waals surface area contributed by atoms with Gasteiger partial charge in [-0.25, -0.2) is 9.18 Å². The average molecular weight is 527 g/mol.